The summed E-state index contributed by atoms with van der Waals surface area (Å²) in [6.45, 7) is 3.22. The molecule has 3 heterocycles. The van der Waals surface area contributed by atoms with Gasteiger partial charge in [-0.1, -0.05) is 72.9 Å². The molecular weight excluding hydrogens is 438 g/mol. The van der Waals surface area contributed by atoms with E-state index in [2.05, 4.69) is 108 Å². The van der Waals surface area contributed by atoms with Gasteiger partial charge in [-0.3, -0.25) is 0 Å². The zero-order valence-electron chi connectivity index (χ0n) is 21.0. The number of nitrogens with one attached hydrogen (secondary N) is 1. The SMILES string of the molecule is Cc1cccc2c1[nH]c1c3c(ccc12)N(C)C1C2=C(C=CC31)C1=C(CCC=C1)N(C1C=CC=CC1)C2. The summed E-state index contributed by atoms with van der Waals surface area (Å²) < 4.78 is 0. The molecule has 3 aromatic rings. The number of anilines is 1. The van der Waals surface area contributed by atoms with Gasteiger partial charge in [0.1, 0.15) is 0 Å². The molecule has 36 heavy (non-hydrogen) atoms. The van der Waals surface area contributed by atoms with Crippen molar-refractivity contribution in [2.24, 2.45) is 0 Å². The van der Waals surface area contributed by atoms with E-state index in [9.17, 15) is 0 Å². The molecule has 3 nitrogen and oxygen atoms in total. The van der Waals surface area contributed by atoms with Gasteiger partial charge in [0.25, 0.3) is 0 Å². The Kier molecular flexibility index (Phi) is 4.20. The zero-order chi connectivity index (χ0) is 24.0. The minimum absolute atomic E-state index is 0.355. The van der Waals surface area contributed by atoms with Crippen LogP contribution in [0.4, 0.5) is 5.69 Å². The van der Waals surface area contributed by atoms with Crippen molar-refractivity contribution in [1.82, 2.24) is 9.88 Å². The van der Waals surface area contributed by atoms with Gasteiger partial charge in [0.15, 0.2) is 0 Å². The van der Waals surface area contributed by atoms with Crippen LogP contribution in [-0.4, -0.2) is 35.6 Å². The maximum atomic E-state index is 3.85. The molecule has 0 radical (unpaired) electrons. The van der Waals surface area contributed by atoms with Crippen molar-refractivity contribution in [3.8, 4) is 0 Å². The Morgan fingerprint density at radius 2 is 1.83 bits per heavy atom. The van der Waals surface area contributed by atoms with Gasteiger partial charge in [-0.15, -0.1) is 0 Å². The predicted molar refractivity (Wildman–Crippen MR) is 150 cm³/mol. The Bertz CT molecular complexity index is 1640. The average Bonchev–Trinajstić information content (AvgIpc) is 3.45. The second-order valence-electron chi connectivity index (χ2n) is 11.0. The number of likely N-dealkylation sites (N-methyl/N-ethyl adjacent to an activating group) is 1. The van der Waals surface area contributed by atoms with Crippen molar-refractivity contribution >= 4 is 27.5 Å². The smallest absolute Gasteiger partial charge is 0.0630 e. The molecule has 3 heteroatoms. The van der Waals surface area contributed by atoms with Crippen LogP contribution < -0.4 is 4.90 Å². The van der Waals surface area contributed by atoms with E-state index in [1.165, 1.54) is 55.5 Å². The van der Waals surface area contributed by atoms with Gasteiger partial charge in [-0.2, -0.15) is 0 Å². The summed E-state index contributed by atoms with van der Waals surface area (Å²) in [7, 11) is 2.31. The highest BCUT2D eigenvalue weighted by Crippen LogP contribution is 2.52. The zero-order valence-corrected chi connectivity index (χ0v) is 21.0. The van der Waals surface area contributed by atoms with E-state index in [1.54, 1.807) is 5.57 Å². The van der Waals surface area contributed by atoms with Crippen molar-refractivity contribution in [2.45, 2.75) is 44.2 Å². The predicted octanol–water partition coefficient (Wildman–Crippen LogP) is 7.20. The first-order chi connectivity index (χ1) is 17.7. The van der Waals surface area contributed by atoms with Crippen LogP contribution in [0.2, 0.25) is 0 Å². The summed E-state index contributed by atoms with van der Waals surface area (Å²) in [6, 6.07) is 12.1. The third kappa shape index (κ3) is 2.63. The van der Waals surface area contributed by atoms with E-state index >= 15 is 0 Å². The van der Waals surface area contributed by atoms with E-state index in [0.717, 1.165) is 25.8 Å². The number of aromatic nitrogens is 1. The Balaban J connectivity index is 1.29. The molecule has 0 bridgehead atoms. The van der Waals surface area contributed by atoms with Crippen molar-refractivity contribution in [2.75, 3.05) is 18.5 Å². The number of hydrogen-bond acceptors (Lipinski definition) is 2. The summed E-state index contributed by atoms with van der Waals surface area (Å²) in [4.78, 5) is 9.13. The molecule has 1 aromatic heterocycles. The first-order valence-electron chi connectivity index (χ1n) is 13.4. The molecule has 2 aromatic carbocycles. The van der Waals surface area contributed by atoms with E-state index in [0.29, 0.717) is 18.0 Å². The number of nitrogens with zero attached hydrogens (tertiary/aromatic N) is 2. The topological polar surface area (TPSA) is 22.3 Å². The summed E-state index contributed by atoms with van der Waals surface area (Å²) in [5.41, 5.74) is 12.8. The minimum atomic E-state index is 0.355. The van der Waals surface area contributed by atoms with Gasteiger partial charge >= 0.3 is 0 Å². The number of aromatic amines is 1. The van der Waals surface area contributed by atoms with Gasteiger partial charge in [0, 0.05) is 58.3 Å². The van der Waals surface area contributed by atoms with Gasteiger partial charge in [-0.25, -0.2) is 0 Å². The summed E-state index contributed by atoms with van der Waals surface area (Å²) in [5, 5.41) is 2.68. The van der Waals surface area contributed by atoms with Crippen molar-refractivity contribution in [3.05, 3.63) is 112 Å². The number of rotatable bonds is 1. The number of para-hydroxylation sites is 1. The Morgan fingerprint density at radius 1 is 0.917 bits per heavy atom. The van der Waals surface area contributed by atoms with Crippen molar-refractivity contribution in [1.29, 1.82) is 0 Å². The molecule has 0 amide bonds. The lowest BCUT2D eigenvalue weighted by Gasteiger charge is -2.45. The van der Waals surface area contributed by atoms with Crippen LogP contribution in [0.15, 0.2) is 101 Å². The Morgan fingerprint density at radius 3 is 2.72 bits per heavy atom. The molecule has 2 aliphatic heterocycles. The molecule has 0 spiro atoms. The fourth-order valence-corrected chi connectivity index (χ4v) is 7.49. The number of hydrogen-bond donors (Lipinski definition) is 1. The summed E-state index contributed by atoms with van der Waals surface area (Å²) in [5.74, 6) is 0.360. The lowest BCUT2D eigenvalue weighted by Crippen LogP contribution is -2.45. The largest absolute Gasteiger partial charge is 0.367 e. The van der Waals surface area contributed by atoms with E-state index in [-0.39, 0.29) is 0 Å². The number of aryl methyl sites for hydroxylation is 1. The number of H-pyrrole nitrogens is 1. The van der Waals surface area contributed by atoms with Crippen LogP contribution in [0, 0.1) is 6.92 Å². The van der Waals surface area contributed by atoms with E-state index in [1.807, 2.05) is 0 Å². The highest BCUT2D eigenvalue weighted by Gasteiger charge is 2.44. The molecule has 5 aliphatic rings. The standard InChI is InChI=1S/C33H31N3/c1-20-9-8-13-24-25-17-18-29-30(32(25)34-31(20)24)26-16-15-22-23-12-6-7-14-28(23)36(21-10-4-3-5-11-21)19-27(22)33(26)35(29)2/h3-6,8-10,12-13,15-18,21,26,33-34H,7,11,14,19H2,1-2H3. The second-order valence-corrected chi connectivity index (χ2v) is 11.0. The third-order valence-electron chi connectivity index (χ3n) is 9.16. The van der Waals surface area contributed by atoms with Crippen LogP contribution in [0.25, 0.3) is 21.8 Å². The highest BCUT2D eigenvalue weighted by molar-refractivity contribution is 6.11. The summed E-state index contributed by atoms with van der Waals surface area (Å²) >= 11 is 0. The molecule has 0 saturated carbocycles. The van der Waals surface area contributed by atoms with Crippen LogP contribution in [0.5, 0.6) is 0 Å². The normalized spacial score (nSPS) is 26.2. The molecule has 1 N–H and O–H groups in total. The van der Waals surface area contributed by atoms with Crippen LogP contribution >= 0.6 is 0 Å². The highest BCUT2D eigenvalue weighted by atomic mass is 15.2. The molecular formula is C33H31N3. The second kappa shape index (κ2) is 7.39. The fraction of sp³-hybridized carbons (Fsp3) is 0.273. The van der Waals surface area contributed by atoms with Gasteiger partial charge in [0.2, 0.25) is 0 Å². The summed E-state index contributed by atoms with van der Waals surface area (Å²) in [6.07, 6.45) is 22.2. The molecule has 3 aliphatic carbocycles. The van der Waals surface area contributed by atoms with Crippen molar-refractivity contribution in [3.63, 3.8) is 0 Å². The maximum Gasteiger partial charge on any atom is 0.0630 e. The van der Waals surface area contributed by atoms with E-state index in [4.69, 9.17) is 0 Å². The third-order valence-corrected chi connectivity index (χ3v) is 9.16. The molecule has 3 unspecified atom stereocenters. The lowest BCUT2D eigenvalue weighted by atomic mass is 9.76. The molecule has 0 fully saturated rings. The van der Waals surface area contributed by atoms with Crippen LogP contribution in [0.1, 0.15) is 36.3 Å². The fourth-order valence-electron chi connectivity index (χ4n) is 7.49. The van der Waals surface area contributed by atoms with Gasteiger partial charge in [-0.05, 0) is 49.0 Å². The average molecular weight is 470 g/mol. The first kappa shape index (κ1) is 20.5. The van der Waals surface area contributed by atoms with Gasteiger partial charge < -0.3 is 14.8 Å². The quantitative estimate of drug-likeness (QED) is 0.407. The lowest BCUT2D eigenvalue weighted by molar-refractivity contribution is 0.288. The van der Waals surface area contributed by atoms with Crippen LogP contribution in [0.3, 0.4) is 0 Å². The van der Waals surface area contributed by atoms with E-state index < -0.39 is 0 Å². The monoisotopic (exact) mass is 469 g/mol. The minimum Gasteiger partial charge on any atom is -0.367 e. The first-order valence-corrected chi connectivity index (χ1v) is 13.4. The van der Waals surface area contributed by atoms with Crippen molar-refractivity contribution < 1.29 is 0 Å². The molecule has 0 saturated heterocycles. The number of allylic oxidation sites excluding steroid dienone is 8. The molecule has 3 atom stereocenters. The van der Waals surface area contributed by atoms with Crippen LogP contribution in [-0.2, 0) is 0 Å². The van der Waals surface area contributed by atoms with Gasteiger partial charge in [0.05, 0.1) is 17.6 Å². The Labute approximate surface area is 212 Å². The Hall–Kier alpha value is -3.72. The molecule has 178 valence electrons. The number of fused-ring (bicyclic) bond motifs is 9. The number of benzene rings is 2. The molecule has 8 rings (SSSR count). The maximum absolute atomic E-state index is 3.85.